The van der Waals surface area contributed by atoms with Crippen LogP contribution in [0, 0.1) is 0 Å². The standard InChI is InChI=1S/C16H23N5O3S2/c1-12-9-21(10-13(2)24-12)26(22,23)20-6-4-19(5-7-20)15-14-3-8-25-16(14)18-11-17-15/h3,8,11-13H,4-7,9-10H2,1-2H3/t12-,13-/m0/s1. The largest absolute Gasteiger partial charge is 0.373 e. The highest BCUT2D eigenvalue weighted by atomic mass is 32.2. The van der Waals surface area contributed by atoms with E-state index in [4.69, 9.17) is 4.74 Å². The Labute approximate surface area is 157 Å². The van der Waals surface area contributed by atoms with Gasteiger partial charge in [-0.1, -0.05) is 0 Å². The Morgan fingerprint density at radius 3 is 2.46 bits per heavy atom. The molecule has 2 aromatic heterocycles. The molecule has 4 heterocycles. The molecule has 0 N–H and O–H groups in total. The van der Waals surface area contributed by atoms with Crippen molar-refractivity contribution in [2.45, 2.75) is 26.1 Å². The zero-order chi connectivity index (χ0) is 18.3. The molecule has 2 atom stereocenters. The number of nitrogens with zero attached hydrogens (tertiary/aromatic N) is 5. The summed E-state index contributed by atoms with van der Waals surface area (Å²) in [5.74, 6) is 0.891. The maximum Gasteiger partial charge on any atom is 0.282 e. The Balaban J connectivity index is 1.47. The Bertz CT molecular complexity index is 869. The van der Waals surface area contributed by atoms with Crippen molar-refractivity contribution in [3.05, 3.63) is 17.8 Å². The summed E-state index contributed by atoms with van der Waals surface area (Å²) in [5.41, 5.74) is 0. The quantitative estimate of drug-likeness (QED) is 0.774. The van der Waals surface area contributed by atoms with E-state index in [0.29, 0.717) is 39.3 Å². The van der Waals surface area contributed by atoms with Gasteiger partial charge in [0.2, 0.25) is 0 Å². The molecule has 2 aromatic rings. The van der Waals surface area contributed by atoms with Gasteiger partial charge in [-0.05, 0) is 25.3 Å². The van der Waals surface area contributed by atoms with Crippen molar-refractivity contribution in [1.29, 1.82) is 0 Å². The molecule has 4 rings (SSSR count). The van der Waals surface area contributed by atoms with Gasteiger partial charge in [0, 0.05) is 39.3 Å². The maximum absolute atomic E-state index is 13.0. The van der Waals surface area contributed by atoms with Gasteiger partial charge in [0.15, 0.2) is 0 Å². The van der Waals surface area contributed by atoms with E-state index in [1.807, 2.05) is 25.3 Å². The van der Waals surface area contributed by atoms with Gasteiger partial charge in [-0.2, -0.15) is 17.0 Å². The molecule has 2 aliphatic heterocycles. The zero-order valence-electron chi connectivity index (χ0n) is 14.9. The molecular weight excluding hydrogens is 374 g/mol. The SMILES string of the molecule is C[C@H]1CN(S(=O)(=O)N2CCN(c3ncnc4sccc34)CC2)C[C@H](C)O1. The van der Waals surface area contributed by atoms with Gasteiger partial charge in [-0.25, -0.2) is 9.97 Å². The highest BCUT2D eigenvalue weighted by molar-refractivity contribution is 7.86. The predicted molar refractivity (Wildman–Crippen MR) is 102 cm³/mol. The minimum Gasteiger partial charge on any atom is -0.373 e. The fourth-order valence-corrected chi connectivity index (χ4v) is 6.12. The Kier molecular flexibility index (Phi) is 4.86. The van der Waals surface area contributed by atoms with Crippen LogP contribution in [0.25, 0.3) is 10.2 Å². The molecule has 0 bridgehead atoms. The number of piperazine rings is 1. The van der Waals surface area contributed by atoms with E-state index >= 15 is 0 Å². The monoisotopic (exact) mass is 397 g/mol. The van der Waals surface area contributed by atoms with Gasteiger partial charge in [-0.15, -0.1) is 11.3 Å². The number of ether oxygens (including phenoxy) is 1. The number of hydrogen-bond donors (Lipinski definition) is 0. The number of aromatic nitrogens is 2. The lowest BCUT2D eigenvalue weighted by molar-refractivity contribution is -0.0455. The molecule has 0 aliphatic carbocycles. The second-order valence-electron chi connectivity index (χ2n) is 6.80. The first-order valence-electron chi connectivity index (χ1n) is 8.79. The van der Waals surface area contributed by atoms with Crippen molar-refractivity contribution in [1.82, 2.24) is 18.6 Å². The topological polar surface area (TPSA) is 78.9 Å². The van der Waals surface area contributed by atoms with Gasteiger partial charge >= 0.3 is 0 Å². The lowest BCUT2D eigenvalue weighted by atomic mass is 10.3. The molecule has 0 amide bonds. The summed E-state index contributed by atoms with van der Waals surface area (Å²) in [6, 6.07) is 2.02. The van der Waals surface area contributed by atoms with E-state index in [9.17, 15) is 8.42 Å². The third-order valence-electron chi connectivity index (χ3n) is 4.82. The molecule has 26 heavy (non-hydrogen) atoms. The second-order valence-corrected chi connectivity index (χ2v) is 9.63. The summed E-state index contributed by atoms with van der Waals surface area (Å²) >= 11 is 1.59. The Morgan fingerprint density at radius 1 is 1.08 bits per heavy atom. The van der Waals surface area contributed by atoms with Crippen LogP contribution in [0.1, 0.15) is 13.8 Å². The Morgan fingerprint density at radius 2 is 1.77 bits per heavy atom. The minimum atomic E-state index is -3.46. The number of fused-ring (bicyclic) bond motifs is 1. The molecule has 0 saturated carbocycles. The van der Waals surface area contributed by atoms with Crippen molar-refractivity contribution in [3.63, 3.8) is 0 Å². The van der Waals surface area contributed by atoms with Crippen LogP contribution in [-0.2, 0) is 14.9 Å². The van der Waals surface area contributed by atoms with E-state index in [0.717, 1.165) is 16.0 Å². The molecule has 10 heteroatoms. The van der Waals surface area contributed by atoms with Crippen molar-refractivity contribution >= 4 is 37.6 Å². The summed E-state index contributed by atoms with van der Waals surface area (Å²) in [5, 5.41) is 3.04. The van der Waals surface area contributed by atoms with Gasteiger partial charge in [0.1, 0.15) is 17.0 Å². The van der Waals surface area contributed by atoms with E-state index in [1.54, 1.807) is 26.3 Å². The van der Waals surface area contributed by atoms with Crippen LogP contribution in [0.5, 0.6) is 0 Å². The predicted octanol–water partition coefficient (Wildman–Crippen LogP) is 1.17. The molecule has 0 spiro atoms. The fourth-order valence-electron chi connectivity index (χ4n) is 3.64. The molecule has 0 unspecified atom stereocenters. The third kappa shape index (κ3) is 3.31. The van der Waals surface area contributed by atoms with E-state index in [2.05, 4.69) is 14.9 Å². The highest BCUT2D eigenvalue weighted by Gasteiger charge is 2.37. The average molecular weight is 398 g/mol. The van der Waals surface area contributed by atoms with Crippen LogP contribution in [0.4, 0.5) is 5.82 Å². The smallest absolute Gasteiger partial charge is 0.282 e. The van der Waals surface area contributed by atoms with Crippen LogP contribution in [0.3, 0.4) is 0 Å². The van der Waals surface area contributed by atoms with Gasteiger partial charge in [-0.3, -0.25) is 0 Å². The molecule has 0 radical (unpaired) electrons. The lowest BCUT2D eigenvalue weighted by Crippen LogP contribution is -2.57. The molecule has 2 fully saturated rings. The molecule has 142 valence electrons. The average Bonchev–Trinajstić information content (AvgIpc) is 3.10. The van der Waals surface area contributed by atoms with Gasteiger partial charge < -0.3 is 9.64 Å². The molecule has 2 saturated heterocycles. The fraction of sp³-hybridized carbons (Fsp3) is 0.625. The first-order chi connectivity index (χ1) is 12.4. The molecule has 8 nitrogen and oxygen atoms in total. The number of rotatable bonds is 3. The third-order valence-corrected chi connectivity index (χ3v) is 7.61. The van der Waals surface area contributed by atoms with Crippen LogP contribution in [0.2, 0.25) is 0 Å². The van der Waals surface area contributed by atoms with E-state index in [1.165, 1.54) is 0 Å². The van der Waals surface area contributed by atoms with Gasteiger partial charge in [0.05, 0.1) is 17.6 Å². The summed E-state index contributed by atoms with van der Waals surface area (Å²) in [6.07, 6.45) is 1.42. The molecular formula is C16H23N5O3S2. The zero-order valence-corrected chi connectivity index (χ0v) is 16.5. The normalized spacial score (nSPS) is 26.5. The highest BCUT2D eigenvalue weighted by Crippen LogP contribution is 2.28. The van der Waals surface area contributed by atoms with E-state index < -0.39 is 10.2 Å². The van der Waals surface area contributed by atoms with Crippen molar-refractivity contribution < 1.29 is 13.2 Å². The van der Waals surface area contributed by atoms with Crippen molar-refractivity contribution in [2.75, 3.05) is 44.2 Å². The minimum absolute atomic E-state index is 0.0808. The number of thiophene rings is 1. The van der Waals surface area contributed by atoms with Crippen molar-refractivity contribution in [2.24, 2.45) is 0 Å². The Hall–Kier alpha value is -1.33. The first-order valence-corrected chi connectivity index (χ1v) is 11.1. The number of hydrogen-bond acceptors (Lipinski definition) is 7. The van der Waals surface area contributed by atoms with Crippen LogP contribution in [-0.4, -0.2) is 78.5 Å². The second kappa shape index (κ2) is 7.01. The van der Waals surface area contributed by atoms with Crippen LogP contribution < -0.4 is 4.90 Å². The first kappa shape index (κ1) is 18.1. The molecule has 0 aromatic carbocycles. The van der Waals surface area contributed by atoms with Crippen molar-refractivity contribution in [3.8, 4) is 0 Å². The molecule has 2 aliphatic rings. The van der Waals surface area contributed by atoms with Gasteiger partial charge in [0.25, 0.3) is 10.2 Å². The van der Waals surface area contributed by atoms with E-state index in [-0.39, 0.29) is 12.2 Å². The summed E-state index contributed by atoms with van der Waals surface area (Å²) in [4.78, 5) is 11.8. The van der Waals surface area contributed by atoms with Crippen LogP contribution in [0.15, 0.2) is 17.8 Å². The summed E-state index contributed by atoms with van der Waals surface area (Å²) < 4.78 is 34.8. The summed E-state index contributed by atoms with van der Waals surface area (Å²) in [7, 11) is -3.46. The number of morpholine rings is 1. The van der Waals surface area contributed by atoms with Crippen LogP contribution >= 0.6 is 11.3 Å². The number of anilines is 1. The lowest BCUT2D eigenvalue weighted by Gasteiger charge is -2.40. The maximum atomic E-state index is 13.0. The summed E-state index contributed by atoms with van der Waals surface area (Å²) in [6.45, 7) is 6.81.